The van der Waals surface area contributed by atoms with Crippen molar-refractivity contribution in [2.75, 3.05) is 4.90 Å². The van der Waals surface area contributed by atoms with Crippen molar-refractivity contribution < 1.29 is 31.2 Å². The quantitative estimate of drug-likeness (QED) is 0.342. The lowest BCUT2D eigenvalue weighted by Crippen LogP contribution is -2.53. The lowest BCUT2D eigenvalue weighted by atomic mass is 9.84. The summed E-state index contributed by atoms with van der Waals surface area (Å²) in [7, 11) is -4.61. The molecule has 0 N–H and O–H groups in total. The van der Waals surface area contributed by atoms with Crippen LogP contribution in [0.3, 0.4) is 0 Å². The van der Waals surface area contributed by atoms with Gasteiger partial charge in [0, 0.05) is 17.7 Å². The van der Waals surface area contributed by atoms with E-state index < -0.39 is 39.6 Å². The van der Waals surface area contributed by atoms with Crippen LogP contribution < -0.4 is 4.90 Å². The number of halogens is 3. The highest BCUT2D eigenvalue weighted by Gasteiger charge is 2.49. The average Bonchev–Trinajstić information content (AvgIpc) is 2.96. The molecule has 0 fully saturated rings. The molecule has 11 heteroatoms. The highest BCUT2D eigenvalue weighted by atomic mass is 32.2. The number of allylic oxidation sites excluding steroid dienone is 1. The minimum absolute atomic E-state index is 0.00894. The number of anilines is 1. The molecule has 2 amide bonds. The second kappa shape index (κ2) is 10.7. The number of urea groups is 1. The van der Waals surface area contributed by atoms with Crippen molar-refractivity contribution >= 4 is 33.6 Å². The van der Waals surface area contributed by atoms with Crippen LogP contribution in [-0.2, 0) is 21.0 Å². The smallest absolute Gasteiger partial charge is 0.294 e. The molecule has 5 rings (SSSR count). The van der Waals surface area contributed by atoms with E-state index in [1.807, 2.05) is 6.07 Å². The third kappa shape index (κ3) is 5.38. The van der Waals surface area contributed by atoms with Crippen molar-refractivity contribution in [3.63, 3.8) is 0 Å². The van der Waals surface area contributed by atoms with Crippen LogP contribution in [0.5, 0.6) is 0 Å². The van der Waals surface area contributed by atoms with Gasteiger partial charge in [-0.2, -0.15) is 18.4 Å². The van der Waals surface area contributed by atoms with Gasteiger partial charge in [-0.1, -0.05) is 48.5 Å². The Hall–Kier alpha value is -4.69. The van der Waals surface area contributed by atoms with Gasteiger partial charge in [-0.25, -0.2) is 17.5 Å². The van der Waals surface area contributed by atoms with Crippen LogP contribution in [0.4, 0.5) is 23.7 Å². The number of carbonyl (C=O) groups excluding carboxylic acids is 2. The minimum atomic E-state index is -4.72. The summed E-state index contributed by atoms with van der Waals surface area (Å²) in [6.07, 6.45) is -2.85. The zero-order chi connectivity index (χ0) is 29.4. The van der Waals surface area contributed by atoms with E-state index in [1.165, 1.54) is 36.4 Å². The number of Topliss-reactive ketones (excluding diaryl/α,β-unsaturated/α-hetero) is 1. The first kappa shape index (κ1) is 27.9. The zero-order valence-electron chi connectivity index (χ0n) is 21.4. The number of amides is 2. The highest BCUT2D eigenvalue weighted by molar-refractivity contribution is 7.92. The highest BCUT2D eigenvalue weighted by Crippen LogP contribution is 2.46. The predicted molar refractivity (Wildman–Crippen MR) is 145 cm³/mol. The van der Waals surface area contributed by atoms with E-state index in [4.69, 9.17) is 0 Å². The number of alkyl halides is 3. The van der Waals surface area contributed by atoms with Crippen LogP contribution >= 0.6 is 0 Å². The van der Waals surface area contributed by atoms with E-state index in [1.54, 1.807) is 30.3 Å². The molecule has 0 saturated heterocycles. The van der Waals surface area contributed by atoms with Crippen molar-refractivity contribution in [1.82, 2.24) is 4.31 Å². The fourth-order valence-electron chi connectivity index (χ4n) is 5.01. The van der Waals surface area contributed by atoms with Crippen molar-refractivity contribution in [3.8, 4) is 6.07 Å². The van der Waals surface area contributed by atoms with E-state index in [9.17, 15) is 36.4 Å². The first-order valence-electron chi connectivity index (χ1n) is 12.6. The monoisotopic (exact) mass is 577 g/mol. The van der Waals surface area contributed by atoms with Crippen LogP contribution in [0.2, 0.25) is 0 Å². The van der Waals surface area contributed by atoms with Crippen molar-refractivity contribution in [3.05, 3.63) is 118 Å². The third-order valence-electron chi connectivity index (χ3n) is 6.88. The number of ketones is 1. The van der Waals surface area contributed by atoms with Gasteiger partial charge in [0.15, 0.2) is 5.78 Å². The molecule has 2 aliphatic rings. The molecule has 41 heavy (non-hydrogen) atoms. The molecule has 0 bridgehead atoms. The van der Waals surface area contributed by atoms with Crippen molar-refractivity contribution in [1.29, 1.82) is 5.26 Å². The van der Waals surface area contributed by atoms with E-state index >= 15 is 0 Å². The molecule has 0 aromatic heterocycles. The SMILES string of the molecule is N#Cc1ccc(C2C3=C(CCCC3=O)N(c3cccc(C(F)(F)F)c3)C(=O)N2S(=O)(=O)/C=C/c2ccccc2)cc1. The van der Waals surface area contributed by atoms with E-state index in [0.29, 0.717) is 16.3 Å². The molecule has 3 aromatic carbocycles. The Morgan fingerprint density at radius 1 is 0.927 bits per heavy atom. The van der Waals surface area contributed by atoms with E-state index in [-0.39, 0.29) is 40.9 Å². The van der Waals surface area contributed by atoms with Gasteiger partial charge in [0.1, 0.15) is 6.04 Å². The Kier molecular flexibility index (Phi) is 7.28. The van der Waals surface area contributed by atoms with E-state index in [2.05, 4.69) is 0 Å². The topological polar surface area (TPSA) is 98.5 Å². The number of carbonyl (C=O) groups is 2. The van der Waals surface area contributed by atoms with Crippen LogP contribution in [0, 0.1) is 11.3 Å². The second-order valence-electron chi connectivity index (χ2n) is 9.49. The Bertz CT molecular complexity index is 1720. The van der Waals surface area contributed by atoms with Crippen LogP contribution in [0.1, 0.15) is 47.6 Å². The van der Waals surface area contributed by atoms with Crippen LogP contribution in [0.15, 0.2) is 95.5 Å². The molecule has 1 aliphatic carbocycles. The summed E-state index contributed by atoms with van der Waals surface area (Å²) in [6, 6.07) is 17.7. The molecule has 208 valence electrons. The van der Waals surface area contributed by atoms with E-state index in [0.717, 1.165) is 28.5 Å². The number of sulfonamides is 1. The van der Waals surface area contributed by atoms with Gasteiger partial charge in [0.05, 0.1) is 28.3 Å². The lowest BCUT2D eigenvalue weighted by Gasteiger charge is -2.44. The first-order valence-corrected chi connectivity index (χ1v) is 14.1. The minimum Gasteiger partial charge on any atom is -0.294 e. The Labute approximate surface area is 234 Å². The van der Waals surface area contributed by atoms with Crippen LogP contribution in [0.25, 0.3) is 6.08 Å². The summed E-state index contributed by atoms with van der Waals surface area (Å²) in [5, 5.41) is 10.1. The maximum absolute atomic E-state index is 14.2. The number of hydrogen-bond acceptors (Lipinski definition) is 5. The molecule has 0 spiro atoms. The van der Waals surface area contributed by atoms with Crippen LogP contribution in [-0.4, -0.2) is 24.5 Å². The molecular formula is C30H22F3N3O4S. The molecule has 7 nitrogen and oxygen atoms in total. The first-order chi connectivity index (χ1) is 19.5. The Morgan fingerprint density at radius 3 is 2.29 bits per heavy atom. The fourth-order valence-corrected chi connectivity index (χ4v) is 6.29. The summed E-state index contributed by atoms with van der Waals surface area (Å²) < 4.78 is 69.1. The van der Waals surface area contributed by atoms with Gasteiger partial charge in [0.25, 0.3) is 10.0 Å². The third-order valence-corrected chi connectivity index (χ3v) is 8.28. The molecular weight excluding hydrogens is 555 g/mol. The molecule has 0 saturated carbocycles. The average molecular weight is 578 g/mol. The van der Waals surface area contributed by atoms with Gasteiger partial charge in [-0.05, 0) is 60.4 Å². The van der Waals surface area contributed by atoms with Gasteiger partial charge in [-0.15, -0.1) is 0 Å². The molecule has 1 atom stereocenters. The normalized spacial score (nSPS) is 18.0. The lowest BCUT2D eigenvalue weighted by molar-refractivity contribution is -0.137. The standard InChI is InChI=1S/C30H22F3N3O4S/c31-30(32,33)23-8-4-9-24(18-23)35-25-10-5-11-26(37)27(25)28(22-14-12-21(19-34)13-15-22)36(29(35)38)41(39,40)17-16-20-6-2-1-3-7-20/h1-4,6-9,12-18,28H,5,10-11H2/b17-16+. The summed E-state index contributed by atoms with van der Waals surface area (Å²) in [4.78, 5) is 28.5. The Balaban J connectivity index is 1.75. The summed E-state index contributed by atoms with van der Waals surface area (Å²) >= 11 is 0. The summed E-state index contributed by atoms with van der Waals surface area (Å²) in [5.74, 6) is -0.419. The van der Waals surface area contributed by atoms with Crippen molar-refractivity contribution in [2.45, 2.75) is 31.5 Å². The second-order valence-corrected chi connectivity index (χ2v) is 11.2. The molecule has 0 radical (unpaired) electrons. The molecule has 3 aromatic rings. The Morgan fingerprint density at radius 2 is 1.63 bits per heavy atom. The molecule has 1 heterocycles. The largest absolute Gasteiger partial charge is 0.416 e. The van der Waals surface area contributed by atoms with Gasteiger partial charge in [-0.3, -0.25) is 9.69 Å². The number of hydrogen-bond donors (Lipinski definition) is 0. The van der Waals surface area contributed by atoms with Gasteiger partial charge in [0.2, 0.25) is 0 Å². The molecule has 1 aliphatic heterocycles. The number of benzene rings is 3. The fraction of sp³-hybridized carbons (Fsp3) is 0.167. The maximum atomic E-state index is 14.2. The van der Waals surface area contributed by atoms with Crippen molar-refractivity contribution in [2.24, 2.45) is 0 Å². The maximum Gasteiger partial charge on any atom is 0.416 e. The summed E-state index contributed by atoms with van der Waals surface area (Å²) in [5.41, 5.74) is -0.00588. The number of rotatable bonds is 5. The van der Waals surface area contributed by atoms with Gasteiger partial charge >= 0.3 is 12.2 Å². The summed E-state index contributed by atoms with van der Waals surface area (Å²) in [6.45, 7) is 0. The zero-order valence-corrected chi connectivity index (χ0v) is 22.2. The number of nitriles is 1. The predicted octanol–water partition coefficient (Wildman–Crippen LogP) is 6.57. The van der Waals surface area contributed by atoms with Gasteiger partial charge < -0.3 is 0 Å². The molecule has 1 unspecified atom stereocenters. The number of nitrogens with zero attached hydrogens (tertiary/aromatic N) is 3.